The largest absolute Gasteiger partial charge is 0.305 e. The Kier molecular flexibility index (Phi) is 4.74. The van der Waals surface area contributed by atoms with Crippen molar-refractivity contribution in [2.24, 2.45) is 0 Å². The fraction of sp³-hybridized carbons (Fsp3) is 0.0526. The number of rotatable bonds is 4. The van der Waals surface area contributed by atoms with Gasteiger partial charge in [0.1, 0.15) is 17.3 Å². The van der Waals surface area contributed by atoms with Crippen LogP contribution in [0.3, 0.4) is 0 Å². The summed E-state index contributed by atoms with van der Waals surface area (Å²) in [6.07, 6.45) is 1.60. The van der Waals surface area contributed by atoms with E-state index in [0.29, 0.717) is 16.8 Å². The number of nitrogens with zero attached hydrogens (tertiary/aromatic N) is 4. The van der Waals surface area contributed by atoms with Crippen molar-refractivity contribution in [3.63, 3.8) is 0 Å². The van der Waals surface area contributed by atoms with Crippen molar-refractivity contribution in [1.82, 2.24) is 19.2 Å². The van der Waals surface area contributed by atoms with E-state index >= 15 is 0 Å². The first-order valence-corrected chi connectivity index (χ1v) is 8.91. The summed E-state index contributed by atoms with van der Waals surface area (Å²) in [5, 5.41) is 7.47. The van der Waals surface area contributed by atoms with Crippen molar-refractivity contribution in [2.75, 3.05) is 5.32 Å². The lowest BCUT2D eigenvalue weighted by atomic mass is 10.1. The first-order chi connectivity index (χ1) is 13.5. The highest BCUT2D eigenvalue weighted by Crippen LogP contribution is 2.25. The number of amides is 1. The first-order valence-electron chi connectivity index (χ1n) is 8.23. The zero-order chi connectivity index (χ0) is 19.7. The molecule has 3 heterocycles. The molecule has 0 aliphatic carbocycles. The van der Waals surface area contributed by atoms with Crippen molar-refractivity contribution in [3.8, 4) is 11.3 Å². The molecule has 0 radical (unpaired) electrons. The SMILES string of the molecule is Cc1cc(F)cc(-c2cc(C(=O)Nc3ccc4cccnc4n3)n(SF)n2)c1. The minimum atomic E-state index is -0.597. The van der Waals surface area contributed by atoms with E-state index in [4.69, 9.17) is 0 Å². The van der Waals surface area contributed by atoms with E-state index in [1.54, 1.807) is 37.4 Å². The Hall–Kier alpha value is -3.33. The van der Waals surface area contributed by atoms with Crippen LogP contribution in [0.2, 0.25) is 0 Å². The van der Waals surface area contributed by atoms with Gasteiger partial charge in [0.15, 0.2) is 18.0 Å². The van der Waals surface area contributed by atoms with E-state index in [9.17, 15) is 13.1 Å². The van der Waals surface area contributed by atoms with E-state index < -0.39 is 11.7 Å². The quantitative estimate of drug-likeness (QED) is 0.546. The van der Waals surface area contributed by atoms with E-state index in [1.807, 2.05) is 6.07 Å². The second-order valence-electron chi connectivity index (χ2n) is 6.07. The number of benzene rings is 1. The van der Waals surface area contributed by atoms with Crippen LogP contribution < -0.4 is 5.32 Å². The number of anilines is 1. The van der Waals surface area contributed by atoms with Gasteiger partial charge in [0.25, 0.3) is 5.91 Å². The predicted molar refractivity (Wildman–Crippen MR) is 104 cm³/mol. The number of carbonyl (C=O) groups is 1. The lowest BCUT2D eigenvalue weighted by Crippen LogP contribution is -2.16. The fourth-order valence-corrected chi connectivity index (χ4v) is 3.13. The van der Waals surface area contributed by atoms with Gasteiger partial charge < -0.3 is 5.32 Å². The van der Waals surface area contributed by atoms with E-state index in [2.05, 4.69) is 20.4 Å². The molecule has 0 bridgehead atoms. The van der Waals surface area contributed by atoms with Gasteiger partial charge in [0.2, 0.25) is 0 Å². The van der Waals surface area contributed by atoms with E-state index in [0.717, 1.165) is 9.47 Å². The Labute approximate surface area is 163 Å². The molecule has 1 amide bonds. The molecular weight excluding hydrogens is 384 g/mol. The summed E-state index contributed by atoms with van der Waals surface area (Å²) in [5.41, 5.74) is 1.87. The third-order valence-corrected chi connectivity index (χ3v) is 4.43. The number of fused-ring (bicyclic) bond motifs is 1. The average molecular weight is 397 g/mol. The first kappa shape index (κ1) is 18.1. The maximum atomic E-state index is 13.7. The minimum absolute atomic E-state index is 0.0349. The standard InChI is InChI=1S/C19H13F2N5OS/c1-11-7-13(9-14(20)8-11)15-10-16(26(25-15)28-21)19(27)24-17-5-4-12-3-2-6-22-18(12)23-17/h2-10H,1H3,(H,22,23,24,27). The number of hydrogen-bond acceptors (Lipinski definition) is 5. The number of aryl methyl sites for hydroxylation is 1. The van der Waals surface area contributed by atoms with Gasteiger partial charge in [-0.1, -0.05) is 0 Å². The van der Waals surface area contributed by atoms with Crippen molar-refractivity contribution in [3.05, 3.63) is 71.8 Å². The van der Waals surface area contributed by atoms with Gasteiger partial charge in [0, 0.05) is 17.1 Å². The predicted octanol–water partition coefficient (Wildman–Crippen LogP) is 4.57. The second kappa shape index (κ2) is 7.35. The molecule has 6 nitrogen and oxygen atoms in total. The number of hydrogen-bond donors (Lipinski definition) is 1. The normalized spacial score (nSPS) is 11.0. The van der Waals surface area contributed by atoms with Crippen LogP contribution in [0.5, 0.6) is 0 Å². The molecule has 0 unspecified atom stereocenters. The summed E-state index contributed by atoms with van der Waals surface area (Å²) in [7, 11) is 0. The molecule has 0 spiro atoms. The number of aromatic nitrogens is 4. The molecule has 1 aromatic carbocycles. The molecule has 1 N–H and O–H groups in total. The highest BCUT2D eigenvalue weighted by molar-refractivity contribution is 7.92. The van der Waals surface area contributed by atoms with Crippen molar-refractivity contribution >= 4 is 35.1 Å². The Morgan fingerprint density at radius 2 is 2.04 bits per heavy atom. The smallest absolute Gasteiger partial charge is 0.276 e. The molecule has 0 saturated carbocycles. The number of halogens is 2. The molecule has 4 rings (SSSR count). The molecule has 0 fully saturated rings. The molecule has 0 aliphatic heterocycles. The summed E-state index contributed by atoms with van der Waals surface area (Å²) in [6, 6.07) is 12.8. The molecule has 140 valence electrons. The highest BCUT2D eigenvalue weighted by Gasteiger charge is 2.18. The Morgan fingerprint density at radius 3 is 2.82 bits per heavy atom. The average Bonchev–Trinajstić information content (AvgIpc) is 3.12. The molecular formula is C19H13F2N5OS. The van der Waals surface area contributed by atoms with Crippen LogP contribution in [0.4, 0.5) is 14.1 Å². The van der Waals surface area contributed by atoms with Crippen molar-refractivity contribution in [1.29, 1.82) is 0 Å². The van der Waals surface area contributed by atoms with Crippen molar-refractivity contribution < 1.29 is 13.1 Å². The molecule has 9 heteroatoms. The maximum absolute atomic E-state index is 13.7. The summed E-state index contributed by atoms with van der Waals surface area (Å²) < 4.78 is 27.8. The third kappa shape index (κ3) is 3.56. The van der Waals surface area contributed by atoms with Crippen LogP contribution >= 0.6 is 12.3 Å². The van der Waals surface area contributed by atoms with Crippen LogP contribution in [-0.2, 0) is 0 Å². The lowest BCUT2D eigenvalue weighted by Gasteiger charge is -2.05. The maximum Gasteiger partial charge on any atom is 0.276 e. The summed E-state index contributed by atoms with van der Waals surface area (Å²) >= 11 is -0.221. The molecule has 4 aromatic rings. The van der Waals surface area contributed by atoms with E-state index in [1.165, 1.54) is 18.2 Å². The van der Waals surface area contributed by atoms with Crippen LogP contribution in [0.15, 0.2) is 54.7 Å². The van der Waals surface area contributed by atoms with Gasteiger partial charge >= 0.3 is 0 Å². The Morgan fingerprint density at radius 1 is 1.18 bits per heavy atom. The monoisotopic (exact) mass is 397 g/mol. The van der Waals surface area contributed by atoms with Gasteiger partial charge in [-0.2, -0.15) is 9.19 Å². The summed E-state index contributed by atoms with van der Waals surface area (Å²) in [4.78, 5) is 21.0. The minimum Gasteiger partial charge on any atom is -0.305 e. The van der Waals surface area contributed by atoms with E-state index in [-0.39, 0.29) is 29.5 Å². The zero-order valence-corrected chi connectivity index (χ0v) is 15.4. The van der Waals surface area contributed by atoms with Gasteiger partial charge in [-0.25, -0.2) is 14.4 Å². The highest BCUT2D eigenvalue weighted by atomic mass is 32.2. The van der Waals surface area contributed by atoms with Crippen LogP contribution in [-0.4, -0.2) is 25.1 Å². The van der Waals surface area contributed by atoms with Crippen molar-refractivity contribution in [2.45, 2.75) is 6.92 Å². The summed E-state index contributed by atoms with van der Waals surface area (Å²) in [5.74, 6) is -0.757. The molecule has 0 aliphatic rings. The Balaban J connectivity index is 1.65. The Bertz CT molecular complexity index is 1170. The van der Waals surface area contributed by atoms with Gasteiger partial charge in [-0.3, -0.25) is 4.79 Å². The second-order valence-corrected chi connectivity index (χ2v) is 6.56. The van der Waals surface area contributed by atoms with Crippen LogP contribution in [0, 0.1) is 12.7 Å². The topological polar surface area (TPSA) is 72.7 Å². The van der Waals surface area contributed by atoms with Gasteiger partial charge in [-0.05, 0) is 61.0 Å². The number of carbonyl (C=O) groups excluding carboxylic acids is 1. The number of pyridine rings is 2. The molecule has 0 saturated heterocycles. The van der Waals surface area contributed by atoms with Crippen LogP contribution in [0.1, 0.15) is 16.1 Å². The molecule has 28 heavy (non-hydrogen) atoms. The number of nitrogens with one attached hydrogen (secondary N) is 1. The third-order valence-electron chi connectivity index (χ3n) is 4.02. The molecule has 3 aromatic heterocycles. The zero-order valence-electron chi connectivity index (χ0n) is 14.6. The lowest BCUT2D eigenvalue weighted by molar-refractivity contribution is 0.102. The van der Waals surface area contributed by atoms with Crippen LogP contribution in [0.25, 0.3) is 22.3 Å². The van der Waals surface area contributed by atoms with Gasteiger partial charge in [-0.15, -0.1) is 3.89 Å². The van der Waals surface area contributed by atoms with Gasteiger partial charge in [0.05, 0.1) is 5.69 Å². The summed E-state index contributed by atoms with van der Waals surface area (Å²) in [6.45, 7) is 1.74. The molecule has 0 atom stereocenters. The fourth-order valence-electron chi connectivity index (χ4n) is 2.80.